The van der Waals surface area contributed by atoms with E-state index in [0.29, 0.717) is 10.2 Å². The summed E-state index contributed by atoms with van der Waals surface area (Å²) in [5, 5.41) is 2.77. The summed E-state index contributed by atoms with van der Waals surface area (Å²) in [4.78, 5) is 11.9. The topological polar surface area (TPSA) is 66.5 Å². The molecule has 0 aliphatic rings. The summed E-state index contributed by atoms with van der Waals surface area (Å²) < 4.78 is 26.1. The number of amides is 1. The number of hydrogen-bond donors (Lipinski definition) is 1. The number of benzene rings is 1. The van der Waals surface area contributed by atoms with E-state index in [1.54, 1.807) is 6.07 Å². The van der Waals surface area contributed by atoms with Crippen LogP contribution in [0, 0.1) is 12.3 Å². The zero-order chi connectivity index (χ0) is 17.1. The lowest BCUT2D eigenvalue weighted by molar-refractivity contribution is -0.128. The molecular weight excluding hydrogens is 368 g/mol. The van der Waals surface area contributed by atoms with Crippen LogP contribution < -0.4 is 9.62 Å². The summed E-state index contributed by atoms with van der Waals surface area (Å²) in [6.07, 6.45) is 1.16. The number of carbonyl (C=O) groups is 1. The van der Waals surface area contributed by atoms with Gasteiger partial charge in [-0.15, -0.1) is 0 Å². The van der Waals surface area contributed by atoms with Crippen LogP contribution >= 0.6 is 15.9 Å². The van der Waals surface area contributed by atoms with Gasteiger partial charge in [-0.25, -0.2) is 8.42 Å². The number of anilines is 1. The molecule has 0 atom stereocenters. The lowest BCUT2D eigenvalue weighted by Crippen LogP contribution is -2.41. The molecule has 5 nitrogen and oxygen atoms in total. The highest BCUT2D eigenvalue weighted by molar-refractivity contribution is 9.10. The normalized spacial score (nSPS) is 12.1. The van der Waals surface area contributed by atoms with Crippen LogP contribution in [0.2, 0.25) is 0 Å². The fraction of sp³-hybridized carbons (Fsp3) is 0.533. The zero-order valence-corrected chi connectivity index (χ0v) is 16.0. The third-order valence-corrected chi connectivity index (χ3v) is 4.87. The molecule has 124 valence electrons. The van der Waals surface area contributed by atoms with Crippen molar-refractivity contribution in [3.05, 3.63) is 28.2 Å². The van der Waals surface area contributed by atoms with Gasteiger partial charge in [0.15, 0.2) is 0 Å². The highest BCUT2D eigenvalue weighted by Gasteiger charge is 2.23. The number of nitrogens with zero attached hydrogens (tertiary/aromatic N) is 1. The largest absolute Gasteiger partial charge is 0.354 e. The molecule has 7 heteroatoms. The molecule has 0 radical (unpaired) electrons. The maximum Gasteiger partial charge on any atom is 0.232 e. The summed E-state index contributed by atoms with van der Waals surface area (Å²) in [7, 11) is -3.43. The first-order valence-electron chi connectivity index (χ1n) is 6.95. The molecule has 1 N–H and O–H groups in total. The van der Waals surface area contributed by atoms with Gasteiger partial charge < -0.3 is 5.32 Å². The van der Waals surface area contributed by atoms with Crippen LogP contribution in [0.3, 0.4) is 0 Å². The number of halogens is 1. The number of aryl methyl sites for hydroxylation is 1. The summed E-state index contributed by atoms with van der Waals surface area (Å²) >= 11 is 3.40. The van der Waals surface area contributed by atoms with Crippen LogP contribution in [-0.4, -0.2) is 33.7 Å². The Labute approximate surface area is 141 Å². The van der Waals surface area contributed by atoms with Crippen molar-refractivity contribution in [1.82, 2.24) is 5.32 Å². The highest BCUT2D eigenvalue weighted by Crippen LogP contribution is 2.28. The molecule has 1 aromatic rings. The smallest absolute Gasteiger partial charge is 0.232 e. The molecule has 0 saturated heterocycles. The average molecular weight is 391 g/mol. The monoisotopic (exact) mass is 390 g/mol. The van der Waals surface area contributed by atoms with Crippen LogP contribution in [0.1, 0.15) is 26.3 Å². The molecule has 0 saturated carbocycles. The maximum atomic E-state index is 12.0. The lowest BCUT2D eigenvalue weighted by atomic mass is 9.96. The summed E-state index contributed by atoms with van der Waals surface area (Å²) in [5.74, 6) is -0.107. The van der Waals surface area contributed by atoms with Gasteiger partial charge in [-0.2, -0.15) is 0 Å². The fourth-order valence-corrected chi connectivity index (χ4v) is 3.58. The van der Waals surface area contributed by atoms with Crippen molar-refractivity contribution >= 4 is 37.5 Å². The number of carbonyl (C=O) groups excluding carboxylic acids is 1. The van der Waals surface area contributed by atoms with E-state index in [-0.39, 0.29) is 19.0 Å². The number of nitrogens with one attached hydrogen (secondary N) is 1. The second-order valence-electron chi connectivity index (χ2n) is 6.30. The molecule has 0 fully saturated rings. The Morgan fingerprint density at radius 3 is 2.36 bits per heavy atom. The van der Waals surface area contributed by atoms with Gasteiger partial charge in [0, 0.05) is 16.4 Å². The van der Waals surface area contributed by atoms with Gasteiger partial charge >= 0.3 is 0 Å². The zero-order valence-electron chi connectivity index (χ0n) is 13.6. The van der Waals surface area contributed by atoms with E-state index >= 15 is 0 Å². The van der Waals surface area contributed by atoms with Gasteiger partial charge in [0.25, 0.3) is 0 Å². The molecule has 0 bridgehead atoms. The third-order valence-electron chi connectivity index (χ3n) is 3.05. The molecule has 1 amide bonds. The standard InChI is InChI=1S/C15H23BrN2O3S/c1-11-6-7-13(12(16)10-11)18(22(5,20)21)9-8-17-14(19)15(2,3)4/h6-7,10H,8-9H2,1-5H3,(H,17,19). The van der Waals surface area contributed by atoms with Gasteiger partial charge in [0.05, 0.1) is 18.5 Å². The summed E-state index contributed by atoms with van der Waals surface area (Å²) in [6.45, 7) is 7.81. The second-order valence-corrected chi connectivity index (χ2v) is 9.06. The Hall–Kier alpha value is -1.08. The molecule has 0 spiro atoms. The minimum Gasteiger partial charge on any atom is -0.354 e. The molecule has 0 aliphatic heterocycles. The highest BCUT2D eigenvalue weighted by atomic mass is 79.9. The fourth-order valence-electron chi connectivity index (χ4n) is 1.82. The Balaban J connectivity index is 2.90. The van der Waals surface area contributed by atoms with Crippen LogP contribution in [0.25, 0.3) is 0 Å². The first kappa shape index (κ1) is 19.0. The van der Waals surface area contributed by atoms with Gasteiger partial charge in [0.1, 0.15) is 0 Å². The van der Waals surface area contributed by atoms with Crippen LogP contribution in [0.5, 0.6) is 0 Å². The van der Waals surface area contributed by atoms with Crippen LogP contribution in [0.4, 0.5) is 5.69 Å². The SMILES string of the molecule is Cc1ccc(N(CCNC(=O)C(C)(C)C)S(C)(=O)=O)c(Br)c1. The van der Waals surface area contributed by atoms with Crippen molar-refractivity contribution in [3.8, 4) is 0 Å². The van der Waals surface area contributed by atoms with Crippen molar-refractivity contribution in [1.29, 1.82) is 0 Å². The molecule has 0 heterocycles. The molecule has 1 rings (SSSR count). The quantitative estimate of drug-likeness (QED) is 0.839. The number of hydrogen-bond acceptors (Lipinski definition) is 3. The van der Waals surface area contributed by atoms with Crippen molar-refractivity contribution in [3.63, 3.8) is 0 Å². The first-order chi connectivity index (χ1) is 9.93. The third kappa shape index (κ3) is 5.28. The lowest BCUT2D eigenvalue weighted by Gasteiger charge is -2.25. The predicted octanol–water partition coefficient (Wildman–Crippen LogP) is 2.69. The summed E-state index contributed by atoms with van der Waals surface area (Å²) in [6, 6.07) is 5.47. The summed E-state index contributed by atoms with van der Waals surface area (Å²) in [5.41, 5.74) is 1.10. The second kappa shape index (κ2) is 7.00. The minimum absolute atomic E-state index is 0.107. The Kier molecular flexibility index (Phi) is 6.03. The molecule has 0 aromatic heterocycles. The van der Waals surface area contributed by atoms with Crippen molar-refractivity contribution in [2.24, 2.45) is 5.41 Å². The van der Waals surface area contributed by atoms with Crippen molar-refractivity contribution in [2.75, 3.05) is 23.7 Å². The van der Waals surface area contributed by atoms with E-state index in [4.69, 9.17) is 0 Å². The van der Waals surface area contributed by atoms with Crippen molar-refractivity contribution in [2.45, 2.75) is 27.7 Å². The Bertz CT molecular complexity index is 651. The van der Waals surface area contributed by atoms with E-state index in [1.165, 1.54) is 4.31 Å². The predicted molar refractivity (Wildman–Crippen MR) is 93.5 cm³/mol. The van der Waals surface area contributed by atoms with E-state index in [9.17, 15) is 13.2 Å². The first-order valence-corrected chi connectivity index (χ1v) is 9.59. The number of sulfonamides is 1. The molecule has 22 heavy (non-hydrogen) atoms. The van der Waals surface area contributed by atoms with Gasteiger partial charge in [0.2, 0.25) is 15.9 Å². The van der Waals surface area contributed by atoms with Crippen LogP contribution in [-0.2, 0) is 14.8 Å². The van der Waals surface area contributed by atoms with E-state index in [2.05, 4.69) is 21.2 Å². The number of rotatable bonds is 5. The minimum atomic E-state index is -3.43. The molecule has 1 aromatic carbocycles. The molecule has 0 unspecified atom stereocenters. The van der Waals surface area contributed by atoms with Crippen molar-refractivity contribution < 1.29 is 13.2 Å². The maximum absolute atomic E-state index is 12.0. The molecule has 0 aliphatic carbocycles. The van der Waals surface area contributed by atoms with E-state index in [1.807, 2.05) is 39.8 Å². The van der Waals surface area contributed by atoms with Gasteiger partial charge in [-0.3, -0.25) is 9.10 Å². The van der Waals surface area contributed by atoms with E-state index < -0.39 is 15.4 Å². The van der Waals surface area contributed by atoms with E-state index in [0.717, 1.165) is 11.8 Å². The Morgan fingerprint density at radius 2 is 1.91 bits per heavy atom. The Morgan fingerprint density at radius 1 is 1.32 bits per heavy atom. The average Bonchev–Trinajstić information content (AvgIpc) is 2.33. The van der Waals surface area contributed by atoms with Crippen LogP contribution in [0.15, 0.2) is 22.7 Å². The van der Waals surface area contributed by atoms with Gasteiger partial charge in [-0.1, -0.05) is 26.8 Å². The molecular formula is C15H23BrN2O3S. The van der Waals surface area contributed by atoms with Gasteiger partial charge in [-0.05, 0) is 40.5 Å².